The molecule has 0 saturated heterocycles. The van der Waals surface area contributed by atoms with Gasteiger partial charge in [0.15, 0.2) is 0 Å². The average Bonchev–Trinajstić information content (AvgIpc) is 2.38. The Kier molecular flexibility index (Phi) is 4.81. The van der Waals surface area contributed by atoms with E-state index >= 15 is 0 Å². The summed E-state index contributed by atoms with van der Waals surface area (Å²) in [6.07, 6.45) is 1.16. The Labute approximate surface area is 135 Å². The van der Waals surface area contributed by atoms with Gasteiger partial charge in [0.05, 0.1) is 18.5 Å². The zero-order valence-corrected chi connectivity index (χ0v) is 14.0. The van der Waals surface area contributed by atoms with Crippen molar-refractivity contribution in [2.75, 3.05) is 10.6 Å². The van der Waals surface area contributed by atoms with E-state index in [-0.39, 0.29) is 6.54 Å². The lowest BCUT2D eigenvalue weighted by molar-refractivity contribution is 0.596. The highest BCUT2D eigenvalue weighted by molar-refractivity contribution is 7.92. The molecular weight excluding hydrogens is 329 g/mol. The van der Waals surface area contributed by atoms with Gasteiger partial charge in [-0.1, -0.05) is 47.0 Å². The molecule has 0 aliphatic rings. The van der Waals surface area contributed by atoms with E-state index in [2.05, 4.69) is 0 Å². The molecule has 0 radical (unpaired) electrons. The van der Waals surface area contributed by atoms with Crippen LogP contribution >= 0.6 is 23.2 Å². The molecule has 0 N–H and O–H groups in total. The fourth-order valence-corrected chi connectivity index (χ4v) is 3.32. The van der Waals surface area contributed by atoms with Gasteiger partial charge < -0.3 is 0 Å². The van der Waals surface area contributed by atoms with E-state index in [0.717, 1.165) is 11.8 Å². The van der Waals surface area contributed by atoms with Crippen molar-refractivity contribution < 1.29 is 8.42 Å². The molecule has 2 rings (SSSR count). The van der Waals surface area contributed by atoms with Crippen LogP contribution in [0, 0.1) is 6.92 Å². The SMILES string of the molecule is Cc1ccc(N(Cc2c(Cl)cccc2Cl)S(C)(=O)=O)cc1. The number of hydrogen-bond donors (Lipinski definition) is 0. The molecule has 2 aromatic carbocycles. The number of aryl methyl sites for hydroxylation is 1. The molecular formula is C15H15Cl2NO2S. The number of rotatable bonds is 4. The van der Waals surface area contributed by atoms with E-state index < -0.39 is 10.0 Å². The molecule has 0 saturated carbocycles. The second-order valence-electron chi connectivity index (χ2n) is 4.81. The van der Waals surface area contributed by atoms with Crippen molar-refractivity contribution in [3.63, 3.8) is 0 Å². The lowest BCUT2D eigenvalue weighted by Crippen LogP contribution is -2.29. The number of benzene rings is 2. The van der Waals surface area contributed by atoms with E-state index in [1.54, 1.807) is 30.3 Å². The Bertz CT molecular complexity index is 723. The molecule has 0 aromatic heterocycles. The van der Waals surface area contributed by atoms with Crippen LogP contribution in [0.15, 0.2) is 42.5 Å². The maximum absolute atomic E-state index is 12.1. The van der Waals surface area contributed by atoms with E-state index in [4.69, 9.17) is 23.2 Å². The smallest absolute Gasteiger partial charge is 0.232 e. The first-order chi connectivity index (χ1) is 9.79. The van der Waals surface area contributed by atoms with Crippen LogP contribution in [-0.2, 0) is 16.6 Å². The van der Waals surface area contributed by atoms with E-state index in [1.807, 2.05) is 19.1 Å². The summed E-state index contributed by atoms with van der Waals surface area (Å²) in [6.45, 7) is 2.04. The highest BCUT2D eigenvalue weighted by atomic mass is 35.5. The van der Waals surface area contributed by atoms with Gasteiger partial charge in [0.1, 0.15) is 0 Å². The van der Waals surface area contributed by atoms with Crippen molar-refractivity contribution in [3.05, 3.63) is 63.6 Å². The summed E-state index contributed by atoms with van der Waals surface area (Å²) in [5.74, 6) is 0. The Morgan fingerprint density at radius 1 is 1.00 bits per heavy atom. The molecule has 0 atom stereocenters. The van der Waals surface area contributed by atoms with Crippen molar-refractivity contribution in [2.45, 2.75) is 13.5 Å². The second kappa shape index (κ2) is 6.26. The molecule has 0 fully saturated rings. The van der Waals surface area contributed by atoms with Crippen LogP contribution in [0.25, 0.3) is 0 Å². The zero-order valence-electron chi connectivity index (χ0n) is 11.7. The van der Waals surface area contributed by atoms with E-state index in [1.165, 1.54) is 4.31 Å². The maximum Gasteiger partial charge on any atom is 0.232 e. The standard InChI is InChI=1S/C15H15Cl2NO2S/c1-11-6-8-12(9-7-11)18(21(2,19)20)10-13-14(16)4-3-5-15(13)17/h3-9H,10H2,1-2H3. The van der Waals surface area contributed by atoms with Crippen LogP contribution in [0.3, 0.4) is 0 Å². The summed E-state index contributed by atoms with van der Waals surface area (Å²) in [7, 11) is -3.45. The van der Waals surface area contributed by atoms with Gasteiger partial charge in [0, 0.05) is 15.6 Å². The van der Waals surface area contributed by atoms with Crippen molar-refractivity contribution >= 4 is 38.9 Å². The first-order valence-electron chi connectivity index (χ1n) is 6.26. The van der Waals surface area contributed by atoms with E-state index in [0.29, 0.717) is 21.3 Å². The van der Waals surface area contributed by atoms with Gasteiger partial charge in [-0.3, -0.25) is 4.31 Å². The van der Waals surface area contributed by atoms with Crippen LogP contribution in [0.2, 0.25) is 10.0 Å². The average molecular weight is 344 g/mol. The quantitative estimate of drug-likeness (QED) is 0.831. The van der Waals surface area contributed by atoms with Crippen molar-refractivity contribution in [3.8, 4) is 0 Å². The number of hydrogen-bond acceptors (Lipinski definition) is 2. The lowest BCUT2D eigenvalue weighted by Gasteiger charge is -2.23. The Hall–Kier alpha value is -1.23. The van der Waals surface area contributed by atoms with Crippen molar-refractivity contribution in [1.82, 2.24) is 0 Å². The van der Waals surface area contributed by atoms with Gasteiger partial charge in [-0.05, 0) is 31.2 Å². The zero-order chi connectivity index (χ0) is 15.6. The molecule has 0 spiro atoms. The topological polar surface area (TPSA) is 37.4 Å². The number of anilines is 1. The fourth-order valence-electron chi connectivity index (χ4n) is 1.94. The lowest BCUT2D eigenvalue weighted by atomic mass is 10.2. The van der Waals surface area contributed by atoms with Gasteiger partial charge >= 0.3 is 0 Å². The summed E-state index contributed by atoms with van der Waals surface area (Å²) >= 11 is 12.3. The molecule has 0 bridgehead atoms. The Morgan fingerprint density at radius 2 is 1.52 bits per heavy atom. The minimum Gasteiger partial charge on any atom is -0.266 e. The summed E-state index contributed by atoms with van der Waals surface area (Å²) in [5.41, 5.74) is 2.23. The minimum absolute atomic E-state index is 0.0976. The van der Waals surface area contributed by atoms with Crippen LogP contribution in [0.5, 0.6) is 0 Å². The molecule has 0 heterocycles. The molecule has 0 aliphatic carbocycles. The second-order valence-corrected chi connectivity index (χ2v) is 7.53. The van der Waals surface area contributed by atoms with Crippen LogP contribution in [-0.4, -0.2) is 14.7 Å². The monoisotopic (exact) mass is 343 g/mol. The first-order valence-corrected chi connectivity index (χ1v) is 8.87. The van der Waals surface area contributed by atoms with Crippen molar-refractivity contribution in [2.24, 2.45) is 0 Å². The summed E-state index contributed by atoms with van der Waals surface area (Å²) in [4.78, 5) is 0. The van der Waals surface area contributed by atoms with Gasteiger partial charge in [0.25, 0.3) is 0 Å². The predicted octanol–water partition coefficient (Wildman–Crippen LogP) is 4.27. The highest BCUT2D eigenvalue weighted by Gasteiger charge is 2.20. The molecule has 0 amide bonds. The van der Waals surface area contributed by atoms with Gasteiger partial charge in [-0.2, -0.15) is 0 Å². The summed E-state index contributed by atoms with van der Waals surface area (Å²) in [5, 5.41) is 0.895. The third-order valence-corrected chi connectivity index (χ3v) is 4.93. The van der Waals surface area contributed by atoms with Crippen LogP contribution < -0.4 is 4.31 Å². The van der Waals surface area contributed by atoms with Gasteiger partial charge in [-0.15, -0.1) is 0 Å². The molecule has 21 heavy (non-hydrogen) atoms. The third-order valence-electron chi connectivity index (χ3n) is 3.09. The highest BCUT2D eigenvalue weighted by Crippen LogP contribution is 2.29. The fraction of sp³-hybridized carbons (Fsp3) is 0.200. The first kappa shape index (κ1) is 16.1. The Morgan fingerprint density at radius 3 is 2.00 bits per heavy atom. The van der Waals surface area contributed by atoms with Crippen molar-refractivity contribution in [1.29, 1.82) is 0 Å². The molecule has 0 unspecified atom stereocenters. The van der Waals surface area contributed by atoms with Crippen LogP contribution in [0.1, 0.15) is 11.1 Å². The van der Waals surface area contributed by atoms with E-state index in [9.17, 15) is 8.42 Å². The third kappa shape index (κ3) is 3.90. The molecule has 112 valence electrons. The summed E-state index contributed by atoms with van der Waals surface area (Å²) in [6, 6.07) is 12.4. The molecule has 6 heteroatoms. The van der Waals surface area contributed by atoms with Crippen LogP contribution in [0.4, 0.5) is 5.69 Å². The number of halogens is 2. The molecule has 2 aromatic rings. The Balaban J connectivity index is 2.46. The minimum atomic E-state index is -3.45. The normalized spacial score (nSPS) is 11.4. The summed E-state index contributed by atoms with van der Waals surface area (Å²) < 4.78 is 25.5. The van der Waals surface area contributed by atoms with Gasteiger partial charge in [0.2, 0.25) is 10.0 Å². The molecule has 3 nitrogen and oxygen atoms in total. The maximum atomic E-state index is 12.1. The number of sulfonamides is 1. The largest absolute Gasteiger partial charge is 0.266 e. The number of nitrogens with zero attached hydrogens (tertiary/aromatic N) is 1. The molecule has 0 aliphatic heterocycles. The van der Waals surface area contributed by atoms with Gasteiger partial charge in [-0.25, -0.2) is 8.42 Å². The predicted molar refractivity (Wildman–Crippen MR) is 88.7 cm³/mol.